The lowest BCUT2D eigenvalue weighted by atomic mass is 9.93. The van der Waals surface area contributed by atoms with Crippen molar-refractivity contribution in [3.8, 4) is 11.1 Å². The summed E-state index contributed by atoms with van der Waals surface area (Å²) in [5.74, 6) is -0.385. The van der Waals surface area contributed by atoms with Crippen molar-refractivity contribution in [2.45, 2.75) is 51.6 Å². The van der Waals surface area contributed by atoms with Gasteiger partial charge in [0.25, 0.3) is 0 Å². The van der Waals surface area contributed by atoms with Gasteiger partial charge in [0.1, 0.15) is 0 Å². The second-order valence-electron chi connectivity index (χ2n) is 7.00. The van der Waals surface area contributed by atoms with E-state index in [0.717, 1.165) is 30.3 Å². The van der Waals surface area contributed by atoms with E-state index in [9.17, 15) is 4.79 Å². The van der Waals surface area contributed by atoms with Gasteiger partial charge in [-0.15, -0.1) is 0 Å². The Kier molecular flexibility index (Phi) is 5.87. The van der Waals surface area contributed by atoms with Gasteiger partial charge in [-0.05, 0) is 48.2 Å². The largest absolute Gasteiger partial charge is 0.366 e. The second-order valence-corrected chi connectivity index (χ2v) is 7.00. The van der Waals surface area contributed by atoms with Crippen LogP contribution in [0.15, 0.2) is 48.5 Å². The maximum Gasteiger partial charge on any atom is 0.248 e. The van der Waals surface area contributed by atoms with Gasteiger partial charge < -0.3 is 5.73 Å². The van der Waals surface area contributed by atoms with Crippen LogP contribution in [0.1, 0.15) is 54.9 Å². The van der Waals surface area contributed by atoms with E-state index < -0.39 is 0 Å². The van der Waals surface area contributed by atoms with Gasteiger partial charge >= 0.3 is 0 Å². The lowest BCUT2D eigenvalue weighted by Crippen LogP contribution is -2.36. The molecule has 0 saturated heterocycles. The molecule has 0 aliphatic heterocycles. The molecule has 3 heteroatoms. The number of hydrogen-bond acceptors (Lipinski definition) is 2. The molecule has 1 saturated carbocycles. The Hall–Kier alpha value is -2.13. The summed E-state index contributed by atoms with van der Waals surface area (Å²) >= 11 is 0. The summed E-state index contributed by atoms with van der Waals surface area (Å²) < 4.78 is 0. The molecule has 0 radical (unpaired) electrons. The van der Waals surface area contributed by atoms with E-state index in [2.05, 4.69) is 36.1 Å². The number of nitrogens with two attached hydrogens (primary N) is 1. The molecule has 2 aromatic carbocycles. The Morgan fingerprint density at radius 2 is 1.76 bits per heavy atom. The minimum Gasteiger partial charge on any atom is -0.366 e. The van der Waals surface area contributed by atoms with Crippen LogP contribution in [0.25, 0.3) is 11.1 Å². The van der Waals surface area contributed by atoms with Crippen molar-refractivity contribution in [1.82, 2.24) is 4.90 Å². The van der Waals surface area contributed by atoms with Crippen molar-refractivity contribution in [3.63, 3.8) is 0 Å². The highest BCUT2D eigenvalue weighted by atomic mass is 16.1. The molecule has 1 aliphatic rings. The molecule has 1 aliphatic carbocycles. The van der Waals surface area contributed by atoms with Crippen LogP contribution >= 0.6 is 0 Å². The Bertz CT molecular complexity index is 702. The van der Waals surface area contributed by atoms with Crippen molar-refractivity contribution >= 4 is 5.91 Å². The van der Waals surface area contributed by atoms with E-state index in [-0.39, 0.29) is 5.91 Å². The molecule has 1 amide bonds. The Morgan fingerprint density at radius 1 is 1.04 bits per heavy atom. The average Bonchev–Trinajstić information content (AvgIpc) is 2.67. The molecule has 0 atom stereocenters. The zero-order valence-electron chi connectivity index (χ0n) is 15.1. The van der Waals surface area contributed by atoms with E-state index >= 15 is 0 Å². The molecule has 2 N–H and O–H groups in total. The van der Waals surface area contributed by atoms with Gasteiger partial charge in [-0.1, -0.05) is 62.6 Å². The van der Waals surface area contributed by atoms with Gasteiger partial charge in [0.2, 0.25) is 5.91 Å². The molecule has 0 heterocycles. The fraction of sp³-hybridized carbons (Fsp3) is 0.409. The molecular formula is C22H28N2O. The molecule has 25 heavy (non-hydrogen) atoms. The number of nitrogens with zero attached hydrogens (tertiary/aromatic N) is 1. The van der Waals surface area contributed by atoms with Crippen LogP contribution < -0.4 is 5.73 Å². The third-order valence-corrected chi connectivity index (χ3v) is 5.32. The van der Waals surface area contributed by atoms with Gasteiger partial charge in [0, 0.05) is 18.2 Å². The molecule has 3 rings (SSSR count). The number of hydrogen-bond donors (Lipinski definition) is 1. The maximum absolute atomic E-state index is 11.4. The number of amides is 1. The van der Waals surface area contributed by atoms with Gasteiger partial charge in [0.05, 0.1) is 0 Å². The lowest BCUT2D eigenvalue weighted by Gasteiger charge is -2.33. The zero-order valence-corrected chi connectivity index (χ0v) is 15.1. The summed E-state index contributed by atoms with van der Waals surface area (Å²) in [4.78, 5) is 14.0. The number of primary amides is 1. The van der Waals surface area contributed by atoms with E-state index in [1.807, 2.05) is 18.2 Å². The summed E-state index contributed by atoms with van der Waals surface area (Å²) in [7, 11) is 0. The van der Waals surface area contributed by atoms with Crippen molar-refractivity contribution in [1.29, 1.82) is 0 Å². The topological polar surface area (TPSA) is 46.3 Å². The summed E-state index contributed by atoms with van der Waals surface area (Å²) in [5.41, 5.74) is 9.43. The molecule has 3 nitrogen and oxygen atoms in total. The molecule has 0 spiro atoms. The van der Waals surface area contributed by atoms with Crippen LogP contribution in [0.4, 0.5) is 0 Å². The van der Waals surface area contributed by atoms with Crippen molar-refractivity contribution in [3.05, 3.63) is 59.7 Å². The van der Waals surface area contributed by atoms with E-state index in [4.69, 9.17) is 5.73 Å². The first-order chi connectivity index (χ1) is 12.2. The molecule has 0 unspecified atom stereocenters. The highest BCUT2D eigenvalue weighted by molar-refractivity contribution is 5.94. The first kappa shape index (κ1) is 17.7. The van der Waals surface area contributed by atoms with Gasteiger partial charge in [-0.2, -0.15) is 0 Å². The molecule has 0 bridgehead atoms. The highest BCUT2D eigenvalue weighted by Crippen LogP contribution is 2.25. The number of rotatable bonds is 6. The van der Waals surface area contributed by atoms with E-state index in [0.29, 0.717) is 5.56 Å². The first-order valence-corrected chi connectivity index (χ1v) is 9.40. The SMILES string of the molecule is CCN(Cc1ccc(-c2cccc(C(N)=O)c2)cc1)C1CCCCC1. The van der Waals surface area contributed by atoms with Crippen LogP contribution in [0, 0.1) is 0 Å². The van der Waals surface area contributed by atoms with Crippen molar-refractivity contribution in [2.75, 3.05) is 6.54 Å². The minimum atomic E-state index is -0.385. The predicted octanol–water partition coefficient (Wildman–Crippen LogP) is 4.61. The Morgan fingerprint density at radius 3 is 2.40 bits per heavy atom. The normalized spacial score (nSPS) is 15.4. The number of carbonyl (C=O) groups excluding carboxylic acids is 1. The highest BCUT2D eigenvalue weighted by Gasteiger charge is 2.19. The number of benzene rings is 2. The first-order valence-electron chi connectivity index (χ1n) is 9.40. The third kappa shape index (κ3) is 4.49. The lowest BCUT2D eigenvalue weighted by molar-refractivity contribution is 0.100. The van der Waals surface area contributed by atoms with Gasteiger partial charge in [-0.3, -0.25) is 9.69 Å². The van der Waals surface area contributed by atoms with E-state index in [1.165, 1.54) is 37.7 Å². The van der Waals surface area contributed by atoms with Gasteiger partial charge in [-0.25, -0.2) is 0 Å². The molecule has 0 aromatic heterocycles. The quantitative estimate of drug-likeness (QED) is 0.837. The molecular weight excluding hydrogens is 308 g/mol. The minimum absolute atomic E-state index is 0.385. The Balaban J connectivity index is 1.71. The van der Waals surface area contributed by atoms with Crippen LogP contribution in [0.5, 0.6) is 0 Å². The summed E-state index contributed by atoms with van der Waals surface area (Å²) in [6.45, 7) is 4.38. The zero-order chi connectivity index (χ0) is 17.6. The summed E-state index contributed by atoms with van der Waals surface area (Å²) in [6, 6.07) is 16.9. The fourth-order valence-electron chi connectivity index (χ4n) is 3.83. The van der Waals surface area contributed by atoms with E-state index in [1.54, 1.807) is 6.07 Å². The van der Waals surface area contributed by atoms with Crippen LogP contribution in [0.3, 0.4) is 0 Å². The van der Waals surface area contributed by atoms with Crippen LogP contribution in [0.2, 0.25) is 0 Å². The maximum atomic E-state index is 11.4. The second kappa shape index (κ2) is 8.30. The van der Waals surface area contributed by atoms with Crippen LogP contribution in [-0.4, -0.2) is 23.4 Å². The monoisotopic (exact) mass is 336 g/mol. The summed E-state index contributed by atoms with van der Waals surface area (Å²) in [6.07, 6.45) is 6.82. The molecule has 1 fully saturated rings. The third-order valence-electron chi connectivity index (χ3n) is 5.32. The Labute approximate surface area is 150 Å². The standard InChI is InChI=1S/C22H28N2O/c1-2-24(21-9-4-3-5-10-21)16-17-11-13-18(14-12-17)19-7-6-8-20(15-19)22(23)25/h6-8,11-15,21H,2-5,9-10,16H2,1H3,(H2,23,25). The average molecular weight is 336 g/mol. The smallest absolute Gasteiger partial charge is 0.248 e. The van der Waals surface area contributed by atoms with Crippen LogP contribution in [-0.2, 0) is 6.54 Å². The summed E-state index contributed by atoms with van der Waals surface area (Å²) in [5, 5.41) is 0. The molecule has 132 valence electrons. The molecule has 2 aromatic rings. The predicted molar refractivity (Wildman–Crippen MR) is 103 cm³/mol. The van der Waals surface area contributed by atoms with Crippen molar-refractivity contribution < 1.29 is 4.79 Å². The van der Waals surface area contributed by atoms with Gasteiger partial charge in [0.15, 0.2) is 0 Å². The number of carbonyl (C=O) groups is 1. The van der Waals surface area contributed by atoms with Crippen molar-refractivity contribution in [2.24, 2.45) is 5.73 Å². The fourth-order valence-corrected chi connectivity index (χ4v) is 3.83.